The van der Waals surface area contributed by atoms with E-state index in [1.54, 1.807) is 0 Å². The third-order valence-electron chi connectivity index (χ3n) is 2.04. The van der Waals surface area contributed by atoms with Gasteiger partial charge in [0.15, 0.2) is 0 Å². The fraction of sp³-hybridized carbons (Fsp3) is 0.667. The van der Waals surface area contributed by atoms with Crippen molar-refractivity contribution in [1.29, 1.82) is 0 Å². The Kier molecular flexibility index (Phi) is 6.09. The number of primary amides is 1. The molecular weight excluding hydrogens is 271 g/mol. The maximum absolute atomic E-state index is 12.1. The van der Waals surface area contributed by atoms with Crippen LogP contribution in [0.4, 0.5) is 18.0 Å². The molecule has 0 rings (SSSR count). The number of carbonyl (C=O) groups excluding carboxylic acids is 2. The van der Waals surface area contributed by atoms with Gasteiger partial charge in [-0.05, 0) is 6.92 Å². The van der Waals surface area contributed by atoms with Crippen molar-refractivity contribution in [1.82, 2.24) is 10.2 Å². The summed E-state index contributed by atoms with van der Waals surface area (Å²) >= 11 is 0. The molecule has 3 amide bonds. The molecule has 0 fully saturated rings. The minimum atomic E-state index is -4.60. The van der Waals surface area contributed by atoms with E-state index in [0.717, 1.165) is 0 Å². The van der Waals surface area contributed by atoms with Crippen LogP contribution in [0.15, 0.2) is 0 Å². The Morgan fingerprint density at radius 3 is 2.21 bits per heavy atom. The van der Waals surface area contributed by atoms with Gasteiger partial charge in [0, 0.05) is 6.54 Å². The molecule has 0 aliphatic rings. The van der Waals surface area contributed by atoms with Gasteiger partial charge in [0.1, 0.15) is 12.6 Å². The maximum atomic E-state index is 12.1. The number of carboxylic acids is 1. The number of hydrogen-bond acceptors (Lipinski definition) is 3. The van der Waals surface area contributed by atoms with Gasteiger partial charge in [-0.1, -0.05) is 0 Å². The number of aliphatic carboxylic acids is 1. The lowest BCUT2D eigenvalue weighted by molar-refractivity contribution is -0.142. The molecule has 10 heteroatoms. The standard InChI is InChI=1S/C9H14F3N3O4/c1-2-15(4-9(10,11)12)8(19)14-5(7(17)18)3-6(13)16/h5H,2-4H2,1H3,(H2,13,16)(H,14,19)(H,17,18). The van der Waals surface area contributed by atoms with Gasteiger partial charge in [-0.25, -0.2) is 9.59 Å². The molecule has 0 spiro atoms. The van der Waals surface area contributed by atoms with E-state index in [4.69, 9.17) is 10.8 Å². The third kappa shape index (κ3) is 7.11. The van der Waals surface area contributed by atoms with Crippen LogP contribution >= 0.6 is 0 Å². The summed E-state index contributed by atoms with van der Waals surface area (Å²) in [6.45, 7) is -0.484. The second-order valence-electron chi connectivity index (χ2n) is 3.64. The van der Waals surface area contributed by atoms with Crippen LogP contribution in [-0.4, -0.2) is 53.2 Å². The van der Waals surface area contributed by atoms with Crippen molar-refractivity contribution in [3.05, 3.63) is 0 Å². The van der Waals surface area contributed by atoms with Gasteiger partial charge in [-0.3, -0.25) is 4.79 Å². The topological polar surface area (TPSA) is 113 Å². The van der Waals surface area contributed by atoms with Crippen LogP contribution in [-0.2, 0) is 9.59 Å². The minimum Gasteiger partial charge on any atom is -0.480 e. The molecule has 0 aromatic heterocycles. The number of carbonyl (C=O) groups is 3. The van der Waals surface area contributed by atoms with Crippen molar-refractivity contribution in [3.8, 4) is 0 Å². The first kappa shape index (κ1) is 17.0. The molecule has 4 N–H and O–H groups in total. The van der Waals surface area contributed by atoms with E-state index in [1.165, 1.54) is 6.92 Å². The molecule has 110 valence electrons. The SMILES string of the molecule is CCN(CC(F)(F)F)C(=O)NC(CC(N)=O)C(=O)O. The van der Waals surface area contributed by atoms with Gasteiger partial charge in [-0.15, -0.1) is 0 Å². The van der Waals surface area contributed by atoms with Gasteiger partial charge < -0.3 is 21.1 Å². The van der Waals surface area contributed by atoms with E-state index in [2.05, 4.69) is 0 Å². The summed E-state index contributed by atoms with van der Waals surface area (Å²) in [5.74, 6) is -2.55. The normalized spacial score (nSPS) is 12.6. The molecule has 0 bridgehead atoms. The maximum Gasteiger partial charge on any atom is 0.406 e. The number of nitrogens with two attached hydrogens (primary N) is 1. The lowest BCUT2D eigenvalue weighted by Gasteiger charge is -2.24. The highest BCUT2D eigenvalue weighted by atomic mass is 19.4. The third-order valence-corrected chi connectivity index (χ3v) is 2.04. The molecule has 1 atom stereocenters. The van der Waals surface area contributed by atoms with Gasteiger partial charge in [0.05, 0.1) is 6.42 Å². The summed E-state index contributed by atoms with van der Waals surface area (Å²) in [4.78, 5) is 33.1. The van der Waals surface area contributed by atoms with Crippen molar-refractivity contribution in [2.45, 2.75) is 25.6 Å². The predicted molar refractivity (Wildman–Crippen MR) is 57.1 cm³/mol. The van der Waals surface area contributed by atoms with Gasteiger partial charge in [0.2, 0.25) is 5.91 Å². The second kappa shape index (κ2) is 6.81. The van der Waals surface area contributed by atoms with Crippen LogP contribution in [0.5, 0.6) is 0 Å². The fourth-order valence-corrected chi connectivity index (χ4v) is 1.19. The predicted octanol–water partition coefficient (Wildman–Crippen LogP) is -0.0912. The van der Waals surface area contributed by atoms with E-state index in [9.17, 15) is 27.6 Å². The molecule has 0 saturated heterocycles. The van der Waals surface area contributed by atoms with Crippen molar-refractivity contribution in [2.75, 3.05) is 13.1 Å². The van der Waals surface area contributed by atoms with Crippen LogP contribution in [0.25, 0.3) is 0 Å². The summed E-state index contributed by atoms with van der Waals surface area (Å²) < 4.78 is 36.4. The Balaban J connectivity index is 4.68. The molecule has 19 heavy (non-hydrogen) atoms. The first-order valence-electron chi connectivity index (χ1n) is 5.20. The Labute approximate surface area is 106 Å². The van der Waals surface area contributed by atoms with Gasteiger partial charge >= 0.3 is 18.2 Å². The van der Waals surface area contributed by atoms with E-state index >= 15 is 0 Å². The molecule has 1 unspecified atom stereocenters. The number of carboxylic acid groups (broad SMARTS) is 1. The Morgan fingerprint density at radius 2 is 1.89 bits per heavy atom. The number of nitrogens with one attached hydrogen (secondary N) is 1. The zero-order chi connectivity index (χ0) is 15.2. The molecular formula is C9H14F3N3O4. The highest BCUT2D eigenvalue weighted by Crippen LogP contribution is 2.16. The van der Waals surface area contributed by atoms with Crippen molar-refractivity contribution in [3.63, 3.8) is 0 Å². The summed E-state index contributed by atoms with van der Waals surface area (Å²) in [7, 11) is 0. The average molecular weight is 285 g/mol. The zero-order valence-electron chi connectivity index (χ0n) is 10.0. The zero-order valence-corrected chi connectivity index (χ0v) is 10.0. The molecule has 0 aliphatic carbocycles. The fourth-order valence-electron chi connectivity index (χ4n) is 1.19. The first-order valence-corrected chi connectivity index (χ1v) is 5.20. The summed E-state index contributed by atoms with van der Waals surface area (Å²) in [5, 5.41) is 10.5. The van der Waals surface area contributed by atoms with Crippen LogP contribution in [0, 0.1) is 0 Å². The van der Waals surface area contributed by atoms with E-state index in [-0.39, 0.29) is 6.54 Å². The monoisotopic (exact) mass is 285 g/mol. The van der Waals surface area contributed by atoms with Gasteiger partial charge in [-0.2, -0.15) is 13.2 Å². The lowest BCUT2D eigenvalue weighted by Crippen LogP contribution is -2.51. The molecule has 7 nitrogen and oxygen atoms in total. The molecule has 0 saturated carbocycles. The Hall–Kier alpha value is -2.00. The van der Waals surface area contributed by atoms with Crippen molar-refractivity contribution in [2.24, 2.45) is 5.73 Å². The number of alkyl halides is 3. The summed E-state index contributed by atoms with van der Waals surface area (Å²) in [6, 6.07) is -2.89. The van der Waals surface area contributed by atoms with E-state index < -0.39 is 43.1 Å². The van der Waals surface area contributed by atoms with Crippen molar-refractivity contribution >= 4 is 17.9 Å². The Bertz CT molecular complexity index is 359. The van der Waals surface area contributed by atoms with Crippen LogP contribution in [0.1, 0.15) is 13.3 Å². The number of rotatable bonds is 6. The van der Waals surface area contributed by atoms with Crippen molar-refractivity contribution < 1.29 is 32.7 Å². The number of urea groups is 1. The summed E-state index contributed by atoms with van der Waals surface area (Å²) in [6.07, 6.45) is -5.31. The highest BCUT2D eigenvalue weighted by Gasteiger charge is 2.33. The Morgan fingerprint density at radius 1 is 1.37 bits per heavy atom. The molecule has 0 aromatic carbocycles. The average Bonchev–Trinajstić information content (AvgIpc) is 2.22. The van der Waals surface area contributed by atoms with Crippen LogP contribution in [0.2, 0.25) is 0 Å². The minimum absolute atomic E-state index is 0.270. The molecule has 0 heterocycles. The van der Waals surface area contributed by atoms with Crippen LogP contribution in [0.3, 0.4) is 0 Å². The van der Waals surface area contributed by atoms with E-state index in [1.807, 2.05) is 5.32 Å². The number of nitrogens with zero attached hydrogens (tertiary/aromatic N) is 1. The molecule has 0 aliphatic heterocycles. The lowest BCUT2D eigenvalue weighted by atomic mass is 10.2. The number of hydrogen-bond donors (Lipinski definition) is 3. The molecule has 0 radical (unpaired) electrons. The smallest absolute Gasteiger partial charge is 0.406 e. The molecule has 0 aromatic rings. The highest BCUT2D eigenvalue weighted by molar-refractivity contribution is 5.87. The largest absolute Gasteiger partial charge is 0.480 e. The van der Waals surface area contributed by atoms with Crippen LogP contribution < -0.4 is 11.1 Å². The van der Waals surface area contributed by atoms with Gasteiger partial charge in [0.25, 0.3) is 0 Å². The second-order valence-corrected chi connectivity index (χ2v) is 3.64. The quantitative estimate of drug-likeness (QED) is 0.633. The van der Waals surface area contributed by atoms with E-state index in [0.29, 0.717) is 4.90 Å². The number of amides is 3. The first-order chi connectivity index (χ1) is 8.56. The number of halogens is 3. The summed E-state index contributed by atoms with van der Waals surface area (Å²) in [5.41, 5.74) is 4.77.